The Morgan fingerprint density at radius 2 is 1.88 bits per heavy atom. The lowest BCUT2D eigenvalue weighted by molar-refractivity contribution is 0.411. The van der Waals surface area contributed by atoms with Crippen LogP contribution in [0.3, 0.4) is 0 Å². The minimum atomic E-state index is -0.369. The first-order valence-electron chi connectivity index (χ1n) is 10.4. The highest BCUT2D eigenvalue weighted by Crippen LogP contribution is 2.37. The summed E-state index contributed by atoms with van der Waals surface area (Å²) >= 11 is 0. The second-order valence-corrected chi connectivity index (χ2v) is 7.78. The van der Waals surface area contributed by atoms with Crippen LogP contribution in [0.5, 0.6) is 5.75 Å². The average molecular weight is 429 g/mol. The van der Waals surface area contributed by atoms with E-state index < -0.39 is 0 Å². The van der Waals surface area contributed by atoms with Crippen LogP contribution in [0.2, 0.25) is 0 Å². The van der Waals surface area contributed by atoms with E-state index in [-0.39, 0.29) is 11.9 Å². The number of rotatable bonds is 5. The number of piperidine rings is 1. The molecule has 0 spiro atoms. The van der Waals surface area contributed by atoms with Gasteiger partial charge in [0.1, 0.15) is 17.6 Å². The van der Waals surface area contributed by atoms with Gasteiger partial charge in [-0.2, -0.15) is 5.26 Å². The van der Waals surface area contributed by atoms with Crippen LogP contribution in [0.1, 0.15) is 29.5 Å². The molecule has 1 saturated heterocycles. The molecule has 1 fully saturated rings. The molecule has 0 radical (unpaired) electrons. The Labute approximate surface area is 186 Å². The van der Waals surface area contributed by atoms with Crippen LogP contribution in [0.4, 0.5) is 10.1 Å². The van der Waals surface area contributed by atoms with E-state index in [2.05, 4.69) is 20.9 Å². The molecule has 1 aliphatic rings. The third-order valence-corrected chi connectivity index (χ3v) is 5.56. The van der Waals surface area contributed by atoms with E-state index in [1.807, 2.05) is 18.2 Å². The summed E-state index contributed by atoms with van der Waals surface area (Å²) in [6, 6.07) is 8.73. The van der Waals surface area contributed by atoms with Gasteiger partial charge in [-0.15, -0.1) is 0 Å². The summed E-state index contributed by atoms with van der Waals surface area (Å²) in [5, 5.41) is 9.13. The predicted octanol–water partition coefficient (Wildman–Crippen LogP) is 4.26. The average Bonchev–Trinajstić information content (AvgIpc) is 2.82. The highest BCUT2D eigenvalue weighted by atomic mass is 19.1. The van der Waals surface area contributed by atoms with Crippen molar-refractivity contribution in [3.8, 4) is 22.9 Å². The van der Waals surface area contributed by atoms with Crippen LogP contribution in [-0.4, -0.2) is 36.2 Å². The molecular weight excluding hydrogens is 405 g/mol. The molecule has 3 aromatic rings. The molecule has 4 rings (SSSR count). The van der Waals surface area contributed by atoms with Crippen LogP contribution < -0.4 is 15.4 Å². The first-order valence-corrected chi connectivity index (χ1v) is 10.4. The lowest BCUT2D eigenvalue weighted by atomic mass is 9.98. The standard InChI is InChI=1S/C25H24FN5O/c1-32-23-10-20(9-21(26)11-23)24-16-30-15-19(25(24)31-6-4-22(28)5-7-31)3-2-17-8-18(12-27)14-29-13-17/h2-3,8-11,13-16,22H,4-7,28H2,1H3/b3-2+. The van der Waals surface area contributed by atoms with Gasteiger partial charge in [-0.05, 0) is 42.2 Å². The molecule has 32 heavy (non-hydrogen) atoms. The Balaban J connectivity index is 1.81. The number of nitriles is 1. The summed E-state index contributed by atoms with van der Waals surface area (Å²) < 4.78 is 19.6. The minimum absolute atomic E-state index is 0.185. The summed E-state index contributed by atoms with van der Waals surface area (Å²) in [5.74, 6) is 0.0817. The van der Waals surface area contributed by atoms with Gasteiger partial charge >= 0.3 is 0 Å². The summed E-state index contributed by atoms with van der Waals surface area (Å²) in [6.45, 7) is 1.61. The summed E-state index contributed by atoms with van der Waals surface area (Å²) in [7, 11) is 1.52. The van der Waals surface area contributed by atoms with Crippen LogP contribution >= 0.6 is 0 Å². The maximum absolute atomic E-state index is 14.3. The monoisotopic (exact) mass is 429 g/mol. The maximum Gasteiger partial charge on any atom is 0.127 e. The van der Waals surface area contributed by atoms with E-state index in [1.54, 1.807) is 24.7 Å². The molecule has 2 aromatic heterocycles. The van der Waals surface area contributed by atoms with E-state index in [0.717, 1.165) is 48.3 Å². The molecule has 6 nitrogen and oxygen atoms in total. The SMILES string of the molecule is COc1cc(F)cc(-c2cncc(/C=C/c3cncc(C#N)c3)c2N2CCC(N)CC2)c1. The fraction of sp³-hybridized carbons (Fsp3) is 0.240. The highest BCUT2D eigenvalue weighted by Gasteiger charge is 2.22. The molecule has 0 atom stereocenters. The van der Waals surface area contributed by atoms with Crippen molar-refractivity contribution in [2.45, 2.75) is 18.9 Å². The lowest BCUT2D eigenvalue weighted by Crippen LogP contribution is -2.40. The second kappa shape index (κ2) is 9.58. The summed E-state index contributed by atoms with van der Waals surface area (Å²) in [5.41, 5.74) is 10.8. The quantitative estimate of drug-likeness (QED) is 0.652. The largest absolute Gasteiger partial charge is 0.497 e. The van der Waals surface area contributed by atoms with E-state index in [1.165, 1.54) is 25.4 Å². The van der Waals surface area contributed by atoms with Crippen LogP contribution in [0.15, 0.2) is 49.1 Å². The molecule has 7 heteroatoms. The predicted molar refractivity (Wildman–Crippen MR) is 123 cm³/mol. The van der Waals surface area contributed by atoms with Crippen LogP contribution in [0, 0.1) is 17.1 Å². The van der Waals surface area contributed by atoms with Crippen molar-refractivity contribution in [1.29, 1.82) is 5.26 Å². The highest BCUT2D eigenvalue weighted by molar-refractivity contribution is 5.87. The molecule has 0 amide bonds. The summed E-state index contributed by atoms with van der Waals surface area (Å²) in [6.07, 6.45) is 12.4. The first-order chi connectivity index (χ1) is 15.6. The van der Waals surface area contributed by atoms with Crippen molar-refractivity contribution >= 4 is 17.8 Å². The zero-order valence-corrected chi connectivity index (χ0v) is 17.8. The van der Waals surface area contributed by atoms with E-state index >= 15 is 0 Å². The zero-order chi connectivity index (χ0) is 22.5. The number of hydrogen-bond donors (Lipinski definition) is 1. The minimum Gasteiger partial charge on any atom is -0.497 e. The van der Waals surface area contributed by atoms with Crippen molar-refractivity contribution in [2.75, 3.05) is 25.1 Å². The first kappa shape index (κ1) is 21.5. The molecule has 0 saturated carbocycles. The number of pyridine rings is 2. The van der Waals surface area contributed by atoms with Gasteiger partial charge in [-0.25, -0.2) is 4.39 Å². The van der Waals surface area contributed by atoms with Gasteiger partial charge < -0.3 is 15.4 Å². The van der Waals surface area contributed by atoms with Crippen molar-refractivity contribution < 1.29 is 9.13 Å². The Morgan fingerprint density at radius 3 is 2.62 bits per heavy atom. The molecule has 0 bridgehead atoms. The van der Waals surface area contributed by atoms with Gasteiger partial charge in [0.2, 0.25) is 0 Å². The third-order valence-electron chi connectivity index (χ3n) is 5.56. The van der Waals surface area contributed by atoms with Gasteiger partial charge in [-0.1, -0.05) is 12.2 Å². The zero-order valence-electron chi connectivity index (χ0n) is 17.8. The molecule has 0 aliphatic carbocycles. The van der Waals surface area contributed by atoms with Gasteiger partial charge in [0.05, 0.1) is 18.4 Å². The van der Waals surface area contributed by atoms with Gasteiger partial charge in [0.25, 0.3) is 0 Å². The Morgan fingerprint density at radius 1 is 1.09 bits per heavy atom. The van der Waals surface area contributed by atoms with Crippen LogP contribution in [-0.2, 0) is 0 Å². The number of aromatic nitrogens is 2. The molecule has 162 valence electrons. The second-order valence-electron chi connectivity index (χ2n) is 7.78. The molecule has 0 unspecified atom stereocenters. The number of ether oxygens (including phenoxy) is 1. The molecule has 2 N–H and O–H groups in total. The number of halogens is 1. The number of benzene rings is 1. The van der Waals surface area contributed by atoms with E-state index in [4.69, 9.17) is 15.7 Å². The number of hydrogen-bond acceptors (Lipinski definition) is 6. The fourth-order valence-corrected chi connectivity index (χ4v) is 3.91. The molecule has 1 aromatic carbocycles. The van der Waals surface area contributed by atoms with Crippen molar-refractivity contribution in [1.82, 2.24) is 9.97 Å². The number of nitrogens with two attached hydrogens (primary N) is 1. The molecule has 3 heterocycles. The van der Waals surface area contributed by atoms with Crippen molar-refractivity contribution in [3.05, 3.63) is 71.6 Å². The number of anilines is 1. The molecule has 1 aliphatic heterocycles. The summed E-state index contributed by atoms with van der Waals surface area (Å²) in [4.78, 5) is 10.8. The van der Waals surface area contributed by atoms with Crippen molar-refractivity contribution in [2.24, 2.45) is 5.73 Å². The Hall–Kier alpha value is -3.76. The fourth-order valence-electron chi connectivity index (χ4n) is 3.91. The van der Waals surface area contributed by atoms with Gasteiger partial charge in [0, 0.05) is 61.1 Å². The molecular formula is C25H24FN5O. The van der Waals surface area contributed by atoms with E-state index in [9.17, 15) is 4.39 Å². The number of methoxy groups -OCH3 is 1. The van der Waals surface area contributed by atoms with E-state index in [0.29, 0.717) is 16.9 Å². The Kier molecular flexibility index (Phi) is 6.43. The number of nitrogens with zero attached hydrogens (tertiary/aromatic N) is 4. The third kappa shape index (κ3) is 4.76. The Bertz CT molecular complexity index is 1180. The van der Waals surface area contributed by atoms with Crippen molar-refractivity contribution in [3.63, 3.8) is 0 Å². The van der Waals surface area contributed by atoms with Crippen LogP contribution in [0.25, 0.3) is 23.3 Å². The topological polar surface area (TPSA) is 88.1 Å². The lowest BCUT2D eigenvalue weighted by Gasteiger charge is -2.34. The maximum atomic E-state index is 14.3. The normalized spacial score (nSPS) is 14.5. The smallest absolute Gasteiger partial charge is 0.127 e. The van der Waals surface area contributed by atoms with Gasteiger partial charge in [0.15, 0.2) is 0 Å². The van der Waals surface area contributed by atoms with Gasteiger partial charge in [-0.3, -0.25) is 9.97 Å².